The van der Waals surface area contributed by atoms with Crippen LogP contribution in [0, 0.1) is 0 Å². The molecule has 0 amide bonds. The molecule has 0 saturated heterocycles. The normalized spacial score (nSPS) is 12.3. The van der Waals surface area contributed by atoms with Crippen molar-refractivity contribution in [2.45, 2.75) is 39.4 Å². The van der Waals surface area contributed by atoms with E-state index in [4.69, 9.17) is 9.40 Å². The Bertz CT molecular complexity index is 1740. The van der Waals surface area contributed by atoms with Gasteiger partial charge < -0.3 is 4.42 Å². The fourth-order valence-electron chi connectivity index (χ4n) is 5.24. The van der Waals surface area contributed by atoms with Gasteiger partial charge in [-0.3, -0.25) is 4.98 Å². The third-order valence-corrected chi connectivity index (χ3v) is 9.32. The molecule has 0 fully saturated rings. The Hall–Kier alpha value is -3.69. The summed E-state index contributed by atoms with van der Waals surface area (Å²) >= 11 is 0. The molecule has 178 valence electrons. The number of fused-ring (bicyclic) bond motifs is 4. The third-order valence-electron chi connectivity index (χ3n) is 7.26. The van der Waals surface area contributed by atoms with Crippen molar-refractivity contribution in [2.24, 2.45) is 0 Å². The fourth-order valence-corrected chi connectivity index (χ4v) is 6.40. The van der Waals surface area contributed by atoms with Gasteiger partial charge in [0.2, 0.25) is 0 Å². The minimum Gasteiger partial charge on any atom is -0.456 e. The fraction of sp³-hybridized carbons (Fsp3) is 0.182. The lowest BCUT2D eigenvalue weighted by Crippen LogP contribution is -2.37. The molecule has 6 aromatic rings. The maximum absolute atomic E-state index is 6.39. The van der Waals surface area contributed by atoms with Crippen molar-refractivity contribution >= 4 is 46.0 Å². The van der Waals surface area contributed by atoms with Gasteiger partial charge in [-0.05, 0) is 63.7 Å². The van der Waals surface area contributed by atoms with Crippen molar-refractivity contribution < 1.29 is 4.42 Å². The molecule has 0 spiro atoms. The molecule has 0 unspecified atom stereocenters. The number of pyridine rings is 1. The van der Waals surface area contributed by atoms with E-state index in [1.54, 1.807) is 0 Å². The number of hydrogen-bond acceptors (Lipinski definition) is 2. The Morgan fingerprint density at radius 2 is 1.44 bits per heavy atom. The van der Waals surface area contributed by atoms with E-state index in [-0.39, 0.29) is 0 Å². The third kappa shape index (κ3) is 3.84. The van der Waals surface area contributed by atoms with Crippen LogP contribution >= 0.6 is 0 Å². The first kappa shape index (κ1) is 22.8. The topological polar surface area (TPSA) is 26.0 Å². The van der Waals surface area contributed by atoms with Gasteiger partial charge in [0.1, 0.15) is 11.2 Å². The van der Waals surface area contributed by atoms with Crippen LogP contribution in [-0.2, 0) is 0 Å². The number of hydrogen-bond donors (Lipinski definition) is 0. The molecule has 0 N–H and O–H groups in total. The molecule has 2 aromatic heterocycles. The summed E-state index contributed by atoms with van der Waals surface area (Å²) in [4.78, 5) is 4.86. The van der Waals surface area contributed by atoms with E-state index in [1.807, 2.05) is 12.3 Å². The summed E-state index contributed by atoms with van der Waals surface area (Å²) < 4.78 is 6.39. The SMILES string of the molecule is CC(C)c1cc(-c2nccc3oc4cc(-c5ccc([Si](C)(C)C)cc5)ccc4c23)cc2ccccc12. The quantitative estimate of drug-likeness (QED) is 0.233. The highest BCUT2D eigenvalue weighted by atomic mass is 28.3. The lowest BCUT2D eigenvalue weighted by Gasteiger charge is -2.16. The van der Waals surface area contributed by atoms with Crippen molar-refractivity contribution in [3.8, 4) is 22.4 Å². The molecule has 0 aliphatic carbocycles. The van der Waals surface area contributed by atoms with Crippen LogP contribution in [0.2, 0.25) is 19.6 Å². The molecule has 0 aliphatic heterocycles. The highest BCUT2D eigenvalue weighted by molar-refractivity contribution is 6.88. The Morgan fingerprint density at radius 3 is 2.19 bits per heavy atom. The second-order valence-corrected chi connectivity index (χ2v) is 16.2. The van der Waals surface area contributed by atoms with E-state index < -0.39 is 8.07 Å². The van der Waals surface area contributed by atoms with Gasteiger partial charge in [0.15, 0.2) is 0 Å². The first-order valence-electron chi connectivity index (χ1n) is 12.7. The summed E-state index contributed by atoms with van der Waals surface area (Å²) in [7, 11) is -1.32. The smallest absolute Gasteiger partial charge is 0.139 e. The van der Waals surface area contributed by atoms with Crippen LogP contribution < -0.4 is 5.19 Å². The summed E-state index contributed by atoms with van der Waals surface area (Å²) in [5.74, 6) is 0.421. The molecule has 0 aliphatic rings. The van der Waals surface area contributed by atoms with Crippen LogP contribution in [0.4, 0.5) is 0 Å². The zero-order valence-corrected chi connectivity index (χ0v) is 22.6. The average molecular weight is 486 g/mol. The lowest BCUT2D eigenvalue weighted by molar-refractivity contribution is 0.668. The molecular formula is C33H31NOSi. The van der Waals surface area contributed by atoms with E-state index in [0.29, 0.717) is 5.92 Å². The van der Waals surface area contributed by atoms with Gasteiger partial charge in [0.25, 0.3) is 0 Å². The van der Waals surface area contributed by atoms with Crippen LogP contribution in [0.1, 0.15) is 25.3 Å². The van der Waals surface area contributed by atoms with E-state index in [0.717, 1.165) is 33.2 Å². The van der Waals surface area contributed by atoms with Crippen LogP contribution in [-0.4, -0.2) is 13.1 Å². The van der Waals surface area contributed by atoms with E-state index in [2.05, 4.69) is 112 Å². The molecule has 36 heavy (non-hydrogen) atoms. The number of benzene rings is 4. The number of aromatic nitrogens is 1. The van der Waals surface area contributed by atoms with Gasteiger partial charge in [-0.2, -0.15) is 0 Å². The molecule has 6 rings (SSSR count). The van der Waals surface area contributed by atoms with Crippen molar-refractivity contribution in [1.82, 2.24) is 4.98 Å². The summed E-state index contributed by atoms with van der Waals surface area (Å²) in [5, 5.41) is 6.22. The zero-order chi connectivity index (χ0) is 25.0. The van der Waals surface area contributed by atoms with Gasteiger partial charge in [-0.25, -0.2) is 0 Å². The first-order chi connectivity index (χ1) is 17.3. The van der Waals surface area contributed by atoms with Crippen LogP contribution in [0.15, 0.2) is 95.5 Å². The molecule has 0 radical (unpaired) electrons. The van der Waals surface area contributed by atoms with Crippen LogP contribution in [0.25, 0.3) is 55.1 Å². The maximum atomic E-state index is 6.39. The first-order valence-corrected chi connectivity index (χ1v) is 16.2. The molecule has 0 bridgehead atoms. The molecule has 3 heteroatoms. The Kier molecular flexibility index (Phi) is 5.35. The van der Waals surface area contributed by atoms with E-state index in [9.17, 15) is 0 Å². The van der Waals surface area contributed by atoms with Crippen molar-refractivity contribution in [1.29, 1.82) is 0 Å². The van der Waals surface area contributed by atoms with Gasteiger partial charge in [-0.1, -0.05) is 93.3 Å². The average Bonchev–Trinajstić information content (AvgIpc) is 3.25. The summed E-state index contributed by atoms with van der Waals surface area (Å²) in [6.45, 7) is 11.7. The summed E-state index contributed by atoms with van der Waals surface area (Å²) in [5.41, 5.74) is 7.62. The molecule has 4 aromatic carbocycles. The number of nitrogens with zero attached hydrogens (tertiary/aromatic N) is 1. The van der Waals surface area contributed by atoms with Crippen molar-refractivity contribution in [2.75, 3.05) is 0 Å². The minimum atomic E-state index is -1.32. The molecule has 0 atom stereocenters. The Balaban J connectivity index is 1.51. The Morgan fingerprint density at radius 1 is 0.694 bits per heavy atom. The van der Waals surface area contributed by atoms with Crippen LogP contribution in [0.5, 0.6) is 0 Å². The molecule has 2 heterocycles. The lowest BCUT2D eigenvalue weighted by atomic mass is 9.92. The molecule has 0 saturated carbocycles. The van der Waals surface area contributed by atoms with Crippen molar-refractivity contribution in [3.63, 3.8) is 0 Å². The molecule has 2 nitrogen and oxygen atoms in total. The van der Waals surface area contributed by atoms with Crippen LogP contribution in [0.3, 0.4) is 0 Å². The summed E-state index contributed by atoms with van der Waals surface area (Å²) in [6.07, 6.45) is 1.86. The van der Waals surface area contributed by atoms with Gasteiger partial charge in [-0.15, -0.1) is 0 Å². The van der Waals surface area contributed by atoms with E-state index in [1.165, 1.54) is 32.6 Å². The maximum Gasteiger partial charge on any atom is 0.139 e. The van der Waals surface area contributed by atoms with Gasteiger partial charge in [0.05, 0.1) is 19.2 Å². The minimum absolute atomic E-state index is 0.421. The van der Waals surface area contributed by atoms with Gasteiger partial charge in [0, 0.05) is 17.1 Å². The summed E-state index contributed by atoms with van der Waals surface area (Å²) in [6, 6.07) is 30.8. The zero-order valence-electron chi connectivity index (χ0n) is 21.6. The highest BCUT2D eigenvalue weighted by Gasteiger charge is 2.18. The highest BCUT2D eigenvalue weighted by Crippen LogP contribution is 2.39. The second kappa shape index (κ2) is 8.46. The van der Waals surface area contributed by atoms with E-state index >= 15 is 0 Å². The standard InChI is InChI=1S/C33H31NOSi/c1-21(2)29-19-25(18-24-8-6-7-9-27(24)29)33-32-28-15-12-23(20-31(28)35-30(32)16-17-34-33)22-10-13-26(14-11-22)36(3,4)5/h6-21H,1-5H3. The Labute approximate surface area is 213 Å². The monoisotopic (exact) mass is 485 g/mol. The predicted octanol–water partition coefficient (Wildman–Crippen LogP) is 9.14. The van der Waals surface area contributed by atoms with Gasteiger partial charge >= 0.3 is 0 Å². The molecular weight excluding hydrogens is 454 g/mol. The predicted molar refractivity (Wildman–Crippen MR) is 157 cm³/mol. The van der Waals surface area contributed by atoms with Crippen molar-refractivity contribution in [3.05, 3.63) is 96.7 Å². The number of furan rings is 1. The number of rotatable bonds is 4. The second-order valence-electron chi connectivity index (χ2n) is 11.1. The largest absolute Gasteiger partial charge is 0.456 e.